The standard InChI is InChI=1S/C12H14F2O.C12H15NO.C6H3BrF2/c13-10-5-4-9(8-11(10)14)12(15)6-2-1-3-7-12;14-12-6-8-13(9-7-12)10-11-4-2-1-3-5-11;7-4-1-2-5(8)6(9)3-4/h4-5,8,15H,1-3,6-7H2;1-5H,6-10H2;1-3H. The lowest BCUT2D eigenvalue weighted by Crippen LogP contribution is -2.33. The van der Waals surface area contributed by atoms with Crippen LogP contribution in [-0.4, -0.2) is 28.9 Å². The molecule has 1 saturated carbocycles. The average Bonchev–Trinajstić information content (AvgIpc) is 2.91. The third-order valence-electron chi connectivity index (χ3n) is 6.68. The summed E-state index contributed by atoms with van der Waals surface area (Å²) < 4.78 is 50.6. The lowest BCUT2D eigenvalue weighted by atomic mass is 9.80. The van der Waals surface area contributed by atoms with Gasteiger partial charge in [-0.05, 0) is 54.3 Å². The van der Waals surface area contributed by atoms with E-state index in [0.29, 0.717) is 28.7 Å². The van der Waals surface area contributed by atoms with Crippen LogP contribution in [0, 0.1) is 23.3 Å². The Hall–Kier alpha value is -2.55. The fourth-order valence-corrected chi connectivity index (χ4v) is 4.82. The molecule has 2 fully saturated rings. The quantitative estimate of drug-likeness (QED) is 0.250. The highest BCUT2D eigenvalue weighted by atomic mass is 79.9. The van der Waals surface area contributed by atoms with E-state index in [1.807, 2.05) is 6.07 Å². The van der Waals surface area contributed by atoms with Crippen LogP contribution in [0.4, 0.5) is 17.6 Å². The van der Waals surface area contributed by atoms with Crippen LogP contribution in [0.15, 0.2) is 71.2 Å². The first-order valence-corrected chi connectivity index (χ1v) is 13.5. The van der Waals surface area contributed by atoms with Crippen molar-refractivity contribution < 1.29 is 27.5 Å². The predicted molar refractivity (Wildman–Crippen MR) is 143 cm³/mol. The highest BCUT2D eigenvalue weighted by molar-refractivity contribution is 9.10. The van der Waals surface area contributed by atoms with Crippen LogP contribution >= 0.6 is 15.9 Å². The van der Waals surface area contributed by atoms with Crippen LogP contribution < -0.4 is 0 Å². The van der Waals surface area contributed by atoms with Crippen molar-refractivity contribution in [1.82, 2.24) is 4.90 Å². The molecule has 0 atom stereocenters. The first kappa shape index (κ1) is 30.0. The number of carbonyl (C=O) groups is 1. The summed E-state index contributed by atoms with van der Waals surface area (Å²) >= 11 is 2.99. The summed E-state index contributed by atoms with van der Waals surface area (Å²) in [6.07, 6.45) is 5.72. The minimum absolute atomic E-state index is 0.411. The summed E-state index contributed by atoms with van der Waals surface area (Å²) in [5, 5.41) is 10.3. The van der Waals surface area contributed by atoms with E-state index in [0.717, 1.165) is 76.0 Å². The normalized spacial score (nSPS) is 17.1. The van der Waals surface area contributed by atoms with Crippen LogP contribution in [0.5, 0.6) is 0 Å². The fourth-order valence-electron chi connectivity index (χ4n) is 4.48. The number of Topliss-reactive ketones (excluding diaryl/α,β-unsaturated/α-hetero) is 1. The highest BCUT2D eigenvalue weighted by Gasteiger charge is 2.31. The minimum atomic E-state index is -0.952. The Bertz CT molecular complexity index is 1180. The van der Waals surface area contributed by atoms with Crippen molar-refractivity contribution >= 4 is 21.7 Å². The molecule has 0 aromatic heterocycles. The summed E-state index contributed by atoms with van der Waals surface area (Å²) in [7, 11) is 0. The van der Waals surface area contributed by atoms with Crippen LogP contribution in [0.25, 0.3) is 0 Å². The SMILES string of the molecule is Fc1ccc(Br)cc1F.O=C1CCN(Cc2ccccc2)CC1.OC1(c2ccc(F)c(F)c2)CCCCC1. The molecule has 204 valence electrons. The Kier molecular flexibility index (Phi) is 11.5. The number of aliphatic hydroxyl groups is 1. The van der Waals surface area contributed by atoms with Gasteiger partial charge in [-0.15, -0.1) is 0 Å². The van der Waals surface area contributed by atoms with Crippen LogP contribution in [0.3, 0.4) is 0 Å². The Balaban J connectivity index is 0.000000163. The lowest BCUT2D eigenvalue weighted by molar-refractivity contribution is -0.121. The third kappa shape index (κ3) is 9.33. The number of piperidine rings is 1. The summed E-state index contributed by atoms with van der Waals surface area (Å²) in [6, 6.07) is 17.7. The maximum absolute atomic E-state index is 13.0. The smallest absolute Gasteiger partial charge is 0.159 e. The maximum Gasteiger partial charge on any atom is 0.159 e. The van der Waals surface area contributed by atoms with Crippen molar-refractivity contribution in [3.8, 4) is 0 Å². The summed E-state index contributed by atoms with van der Waals surface area (Å²) in [4.78, 5) is 13.4. The molecule has 3 nitrogen and oxygen atoms in total. The Morgan fingerprint density at radius 3 is 1.89 bits per heavy atom. The van der Waals surface area contributed by atoms with Gasteiger partial charge in [0.15, 0.2) is 23.3 Å². The lowest BCUT2D eigenvalue weighted by Gasteiger charge is -2.32. The van der Waals surface area contributed by atoms with Gasteiger partial charge < -0.3 is 5.11 Å². The number of carbonyl (C=O) groups excluding carboxylic acids is 1. The van der Waals surface area contributed by atoms with Gasteiger partial charge in [-0.1, -0.05) is 71.6 Å². The van der Waals surface area contributed by atoms with E-state index in [1.54, 1.807) is 0 Å². The summed E-state index contributed by atoms with van der Waals surface area (Å²) in [6.45, 7) is 2.83. The Labute approximate surface area is 229 Å². The molecule has 1 N–H and O–H groups in total. The minimum Gasteiger partial charge on any atom is -0.385 e. The average molecular weight is 594 g/mol. The molecule has 38 heavy (non-hydrogen) atoms. The van der Waals surface area contributed by atoms with Crippen molar-refractivity contribution in [2.45, 2.75) is 57.1 Å². The number of hydrogen-bond acceptors (Lipinski definition) is 3. The molecule has 0 spiro atoms. The molecular formula is C30H32BrF4NO2. The molecule has 5 rings (SSSR count). The second-order valence-electron chi connectivity index (χ2n) is 9.58. The van der Waals surface area contributed by atoms with Crippen molar-refractivity contribution in [3.63, 3.8) is 0 Å². The zero-order valence-electron chi connectivity index (χ0n) is 21.1. The Morgan fingerprint density at radius 1 is 0.763 bits per heavy atom. The van der Waals surface area contributed by atoms with E-state index < -0.39 is 28.9 Å². The largest absolute Gasteiger partial charge is 0.385 e. The molecule has 1 saturated heterocycles. The molecular weight excluding hydrogens is 562 g/mol. The van der Waals surface area contributed by atoms with Crippen LogP contribution in [-0.2, 0) is 16.9 Å². The van der Waals surface area contributed by atoms with Crippen molar-refractivity contribution in [2.75, 3.05) is 13.1 Å². The molecule has 0 bridgehead atoms. The van der Waals surface area contributed by atoms with Gasteiger partial charge in [-0.25, -0.2) is 17.6 Å². The molecule has 2 aliphatic rings. The van der Waals surface area contributed by atoms with Crippen molar-refractivity contribution in [2.24, 2.45) is 0 Å². The second-order valence-corrected chi connectivity index (χ2v) is 10.5. The van der Waals surface area contributed by atoms with Gasteiger partial charge >= 0.3 is 0 Å². The van der Waals surface area contributed by atoms with Crippen molar-refractivity contribution in [3.05, 3.63) is 106 Å². The number of rotatable bonds is 3. The maximum atomic E-state index is 13.0. The summed E-state index contributed by atoms with van der Waals surface area (Å²) in [5.41, 5.74) is 0.884. The van der Waals surface area contributed by atoms with Crippen molar-refractivity contribution in [1.29, 1.82) is 0 Å². The predicted octanol–water partition coefficient (Wildman–Crippen LogP) is 7.70. The Morgan fingerprint density at radius 2 is 1.34 bits per heavy atom. The monoisotopic (exact) mass is 593 g/mol. The second kappa shape index (κ2) is 14.6. The molecule has 3 aromatic rings. The van der Waals surface area contributed by atoms with Gasteiger partial charge in [0.1, 0.15) is 5.78 Å². The molecule has 0 unspecified atom stereocenters. The highest BCUT2D eigenvalue weighted by Crippen LogP contribution is 2.37. The molecule has 0 amide bonds. The fraction of sp³-hybridized carbons (Fsp3) is 0.367. The van der Waals surface area contributed by atoms with E-state index in [4.69, 9.17) is 0 Å². The number of benzene rings is 3. The van der Waals surface area contributed by atoms with Crippen LogP contribution in [0.2, 0.25) is 0 Å². The topological polar surface area (TPSA) is 40.5 Å². The van der Waals surface area contributed by atoms with Gasteiger partial charge in [0.05, 0.1) is 5.60 Å². The molecule has 0 radical (unpaired) electrons. The zero-order chi connectivity index (χ0) is 27.5. The molecule has 1 aliphatic carbocycles. The van der Waals surface area contributed by atoms with Gasteiger partial charge in [0.2, 0.25) is 0 Å². The number of likely N-dealkylation sites (tertiary alicyclic amines) is 1. The van der Waals surface area contributed by atoms with E-state index in [9.17, 15) is 27.5 Å². The number of hydrogen-bond donors (Lipinski definition) is 1. The molecule has 1 heterocycles. The van der Waals surface area contributed by atoms with Gasteiger partial charge in [0.25, 0.3) is 0 Å². The van der Waals surface area contributed by atoms with Gasteiger partial charge in [-0.2, -0.15) is 0 Å². The van der Waals surface area contributed by atoms with E-state index in [2.05, 4.69) is 45.1 Å². The van der Waals surface area contributed by atoms with Crippen LogP contribution in [0.1, 0.15) is 56.1 Å². The first-order valence-electron chi connectivity index (χ1n) is 12.7. The van der Waals surface area contributed by atoms with E-state index in [1.165, 1.54) is 17.7 Å². The third-order valence-corrected chi connectivity index (χ3v) is 7.18. The number of nitrogens with zero attached hydrogens (tertiary/aromatic N) is 1. The first-order chi connectivity index (χ1) is 18.2. The number of halogens is 5. The van der Waals surface area contributed by atoms with Gasteiger partial charge in [0, 0.05) is 36.9 Å². The van der Waals surface area contributed by atoms with E-state index in [-0.39, 0.29) is 0 Å². The zero-order valence-corrected chi connectivity index (χ0v) is 22.7. The van der Waals surface area contributed by atoms with Gasteiger partial charge in [-0.3, -0.25) is 9.69 Å². The molecule has 8 heteroatoms. The number of ketones is 1. The molecule has 1 aliphatic heterocycles. The molecule has 3 aromatic carbocycles. The van der Waals surface area contributed by atoms with E-state index >= 15 is 0 Å². The summed E-state index contributed by atoms with van der Waals surface area (Å²) in [5.74, 6) is -2.98.